The van der Waals surface area contributed by atoms with Gasteiger partial charge in [0.1, 0.15) is 5.01 Å². The van der Waals surface area contributed by atoms with E-state index in [1.54, 1.807) is 0 Å². The highest BCUT2D eigenvalue weighted by Gasteiger charge is 2.14. The van der Waals surface area contributed by atoms with Crippen LogP contribution in [0.3, 0.4) is 0 Å². The van der Waals surface area contributed by atoms with E-state index in [1.807, 2.05) is 28.8 Å². The van der Waals surface area contributed by atoms with E-state index < -0.39 is 0 Å². The van der Waals surface area contributed by atoms with Gasteiger partial charge in [-0.05, 0) is 18.1 Å². The molecule has 3 rings (SSSR count). The first-order valence-electron chi connectivity index (χ1n) is 6.21. The normalized spacial score (nSPS) is 11.5. The summed E-state index contributed by atoms with van der Waals surface area (Å²) in [7, 11) is 0. The quantitative estimate of drug-likeness (QED) is 0.745. The summed E-state index contributed by atoms with van der Waals surface area (Å²) >= 11 is 1.51. The molecular weight excluding hydrogens is 258 g/mol. The lowest BCUT2D eigenvalue weighted by Crippen LogP contribution is -2.01. The molecule has 0 radical (unpaired) electrons. The highest BCUT2D eigenvalue weighted by atomic mass is 32.1. The van der Waals surface area contributed by atoms with Gasteiger partial charge in [0, 0.05) is 17.7 Å². The van der Waals surface area contributed by atoms with Gasteiger partial charge in [0.05, 0.1) is 0 Å². The number of fused-ring (bicyclic) bond motifs is 1. The zero-order valence-electron chi connectivity index (χ0n) is 10.9. The molecule has 0 bridgehead atoms. The van der Waals surface area contributed by atoms with Crippen LogP contribution in [-0.4, -0.2) is 19.8 Å². The van der Waals surface area contributed by atoms with Crippen LogP contribution in [0.15, 0.2) is 24.3 Å². The SMILES string of the molecule is CC(C)Cc1nnc2sc(-c3ccccc3N)nn12. The molecule has 0 aliphatic rings. The van der Waals surface area contributed by atoms with Crippen molar-refractivity contribution in [3.63, 3.8) is 0 Å². The second kappa shape index (κ2) is 4.62. The van der Waals surface area contributed by atoms with Crippen LogP contribution in [0.5, 0.6) is 0 Å². The number of nitrogens with zero attached hydrogens (tertiary/aromatic N) is 4. The van der Waals surface area contributed by atoms with E-state index in [9.17, 15) is 0 Å². The van der Waals surface area contributed by atoms with Gasteiger partial charge in [-0.15, -0.1) is 10.2 Å². The number of rotatable bonds is 3. The molecule has 0 spiro atoms. The highest BCUT2D eigenvalue weighted by molar-refractivity contribution is 7.19. The third-order valence-corrected chi connectivity index (χ3v) is 3.77. The Hall–Kier alpha value is -1.95. The predicted octanol–water partition coefficient (Wildman–Crippen LogP) is 2.63. The number of hydrogen-bond acceptors (Lipinski definition) is 5. The minimum absolute atomic E-state index is 0.527. The van der Waals surface area contributed by atoms with Gasteiger partial charge in [0.15, 0.2) is 5.82 Å². The number of benzene rings is 1. The summed E-state index contributed by atoms with van der Waals surface area (Å²) in [4.78, 5) is 0.814. The zero-order valence-corrected chi connectivity index (χ0v) is 11.7. The Morgan fingerprint density at radius 1 is 1.26 bits per heavy atom. The topological polar surface area (TPSA) is 69.1 Å². The van der Waals surface area contributed by atoms with Gasteiger partial charge in [-0.1, -0.05) is 37.3 Å². The molecule has 0 saturated carbocycles. The second-order valence-electron chi connectivity index (χ2n) is 4.90. The first-order valence-corrected chi connectivity index (χ1v) is 7.03. The summed E-state index contributed by atoms with van der Waals surface area (Å²) in [6.45, 7) is 4.31. The molecule has 19 heavy (non-hydrogen) atoms. The Kier molecular flexibility index (Phi) is 2.94. The fourth-order valence-electron chi connectivity index (χ4n) is 1.95. The predicted molar refractivity (Wildman–Crippen MR) is 77.0 cm³/mol. The lowest BCUT2D eigenvalue weighted by molar-refractivity contribution is 0.607. The molecule has 98 valence electrons. The minimum atomic E-state index is 0.527. The summed E-state index contributed by atoms with van der Waals surface area (Å²) < 4.78 is 1.83. The molecule has 5 nitrogen and oxygen atoms in total. The molecule has 2 heterocycles. The number of anilines is 1. The van der Waals surface area contributed by atoms with Crippen molar-refractivity contribution in [2.24, 2.45) is 5.92 Å². The molecule has 0 aliphatic carbocycles. The zero-order chi connectivity index (χ0) is 13.4. The van der Waals surface area contributed by atoms with E-state index in [-0.39, 0.29) is 0 Å². The summed E-state index contributed by atoms with van der Waals surface area (Å²) in [5.41, 5.74) is 7.67. The average Bonchev–Trinajstić information content (AvgIpc) is 2.91. The molecule has 2 aromatic heterocycles. The van der Waals surface area contributed by atoms with Crippen LogP contribution >= 0.6 is 11.3 Å². The van der Waals surface area contributed by atoms with Crippen molar-refractivity contribution >= 4 is 22.0 Å². The van der Waals surface area contributed by atoms with Crippen LogP contribution in [-0.2, 0) is 6.42 Å². The summed E-state index contributed by atoms with van der Waals surface area (Å²) in [6.07, 6.45) is 0.870. The standard InChI is InChI=1S/C13H15N5S/c1-8(2)7-11-15-16-13-18(11)17-12(19-13)9-5-3-4-6-10(9)14/h3-6,8H,7,14H2,1-2H3. The van der Waals surface area contributed by atoms with Gasteiger partial charge in [0.25, 0.3) is 0 Å². The second-order valence-corrected chi connectivity index (χ2v) is 5.86. The number of aromatic nitrogens is 4. The van der Waals surface area contributed by atoms with Gasteiger partial charge < -0.3 is 5.73 Å². The fraction of sp³-hybridized carbons (Fsp3) is 0.308. The Labute approximate surface area is 115 Å². The minimum Gasteiger partial charge on any atom is -0.398 e. The third kappa shape index (κ3) is 2.19. The molecule has 0 unspecified atom stereocenters. The summed E-state index contributed by atoms with van der Waals surface area (Å²) in [5, 5.41) is 13.8. The van der Waals surface area contributed by atoms with Crippen LogP contribution in [0.2, 0.25) is 0 Å². The first kappa shape index (κ1) is 12.1. The van der Waals surface area contributed by atoms with E-state index in [0.717, 1.165) is 33.5 Å². The monoisotopic (exact) mass is 273 g/mol. The van der Waals surface area contributed by atoms with Crippen LogP contribution in [0.25, 0.3) is 15.5 Å². The molecule has 0 amide bonds. The molecule has 0 fully saturated rings. The van der Waals surface area contributed by atoms with E-state index in [4.69, 9.17) is 5.73 Å². The van der Waals surface area contributed by atoms with Crippen molar-refractivity contribution in [1.82, 2.24) is 19.8 Å². The van der Waals surface area contributed by atoms with Crippen molar-refractivity contribution in [2.45, 2.75) is 20.3 Å². The van der Waals surface area contributed by atoms with Gasteiger partial charge in [-0.25, -0.2) is 0 Å². The molecule has 3 aromatic rings. The number of para-hydroxylation sites is 1. The highest BCUT2D eigenvalue weighted by Crippen LogP contribution is 2.29. The lowest BCUT2D eigenvalue weighted by atomic mass is 10.1. The van der Waals surface area contributed by atoms with E-state index in [0.29, 0.717) is 5.92 Å². The van der Waals surface area contributed by atoms with E-state index >= 15 is 0 Å². The summed E-state index contributed by atoms with van der Waals surface area (Å²) in [5.74, 6) is 1.43. The number of hydrogen-bond donors (Lipinski definition) is 1. The summed E-state index contributed by atoms with van der Waals surface area (Å²) in [6, 6.07) is 7.74. The Morgan fingerprint density at radius 2 is 2.05 bits per heavy atom. The van der Waals surface area contributed by atoms with Crippen molar-refractivity contribution in [1.29, 1.82) is 0 Å². The third-order valence-electron chi connectivity index (χ3n) is 2.84. The molecule has 2 N–H and O–H groups in total. The molecule has 0 saturated heterocycles. The smallest absolute Gasteiger partial charge is 0.234 e. The van der Waals surface area contributed by atoms with Crippen molar-refractivity contribution < 1.29 is 0 Å². The first-order chi connectivity index (χ1) is 9.15. The molecule has 0 aliphatic heterocycles. The van der Waals surface area contributed by atoms with E-state index in [2.05, 4.69) is 29.1 Å². The van der Waals surface area contributed by atoms with Gasteiger partial charge in [0.2, 0.25) is 4.96 Å². The molecule has 0 atom stereocenters. The van der Waals surface area contributed by atoms with Gasteiger partial charge in [-0.3, -0.25) is 0 Å². The van der Waals surface area contributed by atoms with Crippen LogP contribution < -0.4 is 5.73 Å². The Morgan fingerprint density at radius 3 is 2.79 bits per heavy atom. The van der Waals surface area contributed by atoms with Crippen LogP contribution in [0, 0.1) is 5.92 Å². The van der Waals surface area contributed by atoms with E-state index in [1.165, 1.54) is 11.3 Å². The van der Waals surface area contributed by atoms with Gasteiger partial charge >= 0.3 is 0 Å². The molecule has 1 aromatic carbocycles. The molecule has 6 heteroatoms. The van der Waals surface area contributed by atoms with Gasteiger partial charge in [-0.2, -0.15) is 9.61 Å². The average molecular weight is 273 g/mol. The Balaban J connectivity index is 2.07. The van der Waals surface area contributed by atoms with Crippen molar-refractivity contribution in [3.8, 4) is 10.6 Å². The fourth-order valence-corrected chi connectivity index (χ4v) is 2.86. The lowest BCUT2D eigenvalue weighted by Gasteiger charge is -2.01. The van der Waals surface area contributed by atoms with Crippen molar-refractivity contribution in [3.05, 3.63) is 30.1 Å². The number of nitrogen functional groups attached to an aromatic ring is 1. The van der Waals surface area contributed by atoms with Crippen LogP contribution in [0.1, 0.15) is 19.7 Å². The Bertz CT molecular complexity index is 713. The van der Waals surface area contributed by atoms with Crippen LogP contribution in [0.4, 0.5) is 5.69 Å². The molecular formula is C13H15N5S. The largest absolute Gasteiger partial charge is 0.398 e. The maximum absolute atomic E-state index is 5.98. The maximum atomic E-state index is 5.98. The van der Waals surface area contributed by atoms with Crippen molar-refractivity contribution in [2.75, 3.05) is 5.73 Å². The number of nitrogens with two attached hydrogens (primary N) is 1. The maximum Gasteiger partial charge on any atom is 0.234 e.